The number of rotatable bonds is 7. The summed E-state index contributed by atoms with van der Waals surface area (Å²) in [5, 5.41) is 0. The van der Waals surface area contributed by atoms with Crippen LogP contribution in [0.3, 0.4) is 0 Å². The van der Waals surface area contributed by atoms with Gasteiger partial charge >= 0.3 is 6.09 Å². The Hall–Kier alpha value is -3.46. The number of piperazine rings is 1. The number of ether oxygens (including phenoxy) is 5. The molecule has 0 unspecified atom stereocenters. The fourth-order valence-electron chi connectivity index (χ4n) is 5.47. The van der Waals surface area contributed by atoms with Gasteiger partial charge in [-0.2, -0.15) is 0 Å². The first-order chi connectivity index (χ1) is 18.1. The molecular weight excluding hydrogens is 488 g/mol. The smallest absolute Gasteiger partial charge is 0.410 e. The summed E-state index contributed by atoms with van der Waals surface area (Å²) in [7, 11) is 4.81. The zero-order valence-corrected chi connectivity index (χ0v) is 23.3. The zero-order chi connectivity index (χ0) is 27.6. The second kappa shape index (κ2) is 11.1. The highest BCUT2D eigenvalue weighted by molar-refractivity contribution is 5.85. The molecule has 2 heterocycles. The van der Waals surface area contributed by atoms with Crippen molar-refractivity contribution in [3.63, 3.8) is 0 Å². The predicted molar refractivity (Wildman–Crippen MR) is 142 cm³/mol. The Kier molecular flexibility index (Phi) is 8.06. The van der Waals surface area contributed by atoms with Gasteiger partial charge in [0, 0.05) is 23.2 Å². The van der Waals surface area contributed by atoms with Crippen LogP contribution in [0.5, 0.6) is 17.2 Å². The number of hydrogen-bond donors (Lipinski definition) is 0. The maximum atomic E-state index is 13.7. The van der Waals surface area contributed by atoms with Gasteiger partial charge in [-0.15, -0.1) is 0 Å². The number of fused-ring (bicyclic) bond motifs is 2. The summed E-state index contributed by atoms with van der Waals surface area (Å²) in [6, 6.07) is 9.14. The van der Waals surface area contributed by atoms with E-state index in [9.17, 15) is 9.59 Å². The fourth-order valence-corrected chi connectivity index (χ4v) is 5.47. The third kappa shape index (κ3) is 5.38. The molecule has 0 bridgehead atoms. The minimum absolute atomic E-state index is 0.0711. The van der Waals surface area contributed by atoms with Crippen LogP contribution < -0.4 is 14.2 Å². The van der Waals surface area contributed by atoms with Gasteiger partial charge < -0.3 is 28.6 Å². The Balaban J connectivity index is 1.75. The third-order valence-electron chi connectivity index (χ3n) is 6.93. The summed E-state index contributed by atoms with van der Waals surface area (Å²) in [5.74, 6) is 1.64. The van der Waals surface area contributed by atoms with Crippen LogP contribution in [0.4, 0.5) is 4.79 Å². The molecule has 4 rings (SSSR count). The number of hydrogen-bond acceptors (Lipinski definition) is 7. The van der Waals surface area contributed by atoms with Crippen molar-refractivity contribution >= 4 is 12.0 Å². The van der Waals surface area contributed by atoms with Crippen LogP contribution in [-0.4, -0.2) is 74.5 Å². The molecule has 0 aliphatic carbocycles. The topological polar surface area (TPSA) is 86.8 Å². The number of carbonyl (C=O) groups is 2. The first-order valence-corrected chi connectivity index (χ1v) is 12.8. The summed E-state index contributed by atoms with van der Waals surface area (Å²) >= 11 is 0. The molecule has 0 saturated carbocycles. The lowest BCUT2D eigenvalue weighted by Crippen LogP contribution is -2.62. The SMILES string of the molecule is COc1c(C)c(OC)c(OC)c2c1C[C@H]1CN(C(=O)OC(C)(C)C)CC(=O)N1[C@H]2COCc1ccccc1. The van der Waals surface area contributed by atoms with Crippen LogP contribution in [-0.2, 0) is 27.3 Å². The average Bonchev–Trinajstić information content (AvgIpc) is 2.87. The lowest BCUT2D eigenvalue weighted by molar-refractivity contribution is -0.146. The Morgan fingerprint density at radius 2 is 1.66 bits per heavy atom. The van der Waals surface area contributed by atoms with Gasteiger partial charge in [0.2, 0.25) is 5.91 Å². The van der Waals surface area contributed by atoms with E-state index in [1.807, 2.05) is 62.9 Å². The van der Waals surface area contributed by atoms with Crippen LogP contribution in [0.2, 0.25) is 0 Å². The molecule has 1 fully saturated rings. The van der Waals surface area contributed by atoms with Gasteiger partial charge in [0.15, 0.2) is 11.5 Å². The largest absolute Gasteiger partial charge is 0.496 e. The van der Waals surface area contributed by atoms with Crippen molar-refractivity contribution in [2.24, 2.45) is 0 Å². The highest BCUT2D eigenvalue weighted by Gasteiger charge is 2.47. The van der Waals surface area contributed by atoms with E-state index in [1.165, 1.54) is 4.90 Å². The van der Waals surface area contributed by atoms with Gasteiger partial charge in [-0.1, -0.05) is 30.3 Å². The minimum Gasteiger partial charge on any atom is -0.496 e. The lowest BCUT2D eigenvalue weighted by Gasteiger charge is -2.49. The summed E-state index contributed by atoms with van der Waals surface area (Å²) in [6.45, 7) is 8.26. The zero-order valence-electron chi connectivity index (χ0n) is 23.3. The molecule has 0 spiro atoms. The van der Waals surface area contributed by atoms with Crippen molar-refractivity contribution in [3.8, 4) is 17.2 Å². The maximum absolute atomic E-state index is 13.7. The van der Waals surface area contributed by atoms with E-state index >= 15 is 0 Å². The number of carbonyl (C=O) groups excluding carboxylic acids is 2. The van der Waals surface area contributed by atoms with Crippen LogP contribution in [0.1, 0.15) is 49.1 Å². The molecule has 2 aliphatic rings. The van der Waals surface area contributed by atoms with Gasteiger partial charge in [-0.05, 0) is 39.7 Å². The quantitative estimate of drug-likeness (QED) is 0.532. The fraction of sp³-hybridized carbons (Fsp3) is 0.517. The first kappa shape index (κ1) is 27.6. The maximum Gasteiger partial charge on any atom is 0.410 e. The monoisotopic (exact) mass is 526 g/mol. The highest BCUT2D eigenvalue weighted by atomic mass is 16.6. The minimum atomic E-state index is -0.658. The van der Waals surface area contributed by atoms with Crippen molar-refractivity contribution in [3.05, 3.63) is 52.6 Å². The molecular formula is C29H38N2O7. The van der Waals surface area contributed by atoms with Crippen molar-refractivity contribution < 1.29 is 33.3 Å². The van der Waals surface area contributed by atoms with Crippen molar-refractivity contribution in [1.82, 2.24) is 9.80 Å². The number of nitrogens with zero attached hydrogens (tertiary/aromatic N) is 2. The summed E-state index contributed by atoms with van der Waals surface area (Å²) < 4.78 is 29.3. The molecule has 2 aromatic carbocycles. The molecule has 2 aliphatic heterocycles. The molecule has 2 aromatic rings. The van der Waals surface area contributed by atoms with E-state index in [2.05, 4.69) is 0 Å². The average molecular weight is 527 g/mol. The molecule has 206 valence electrons. The molecule has 0 N–H and O–H groups in total. The number of methoxy groups -OCH3 is 3. The van der Waals surface area contributed by atoms with E-state index in [4.69, 9.17) is 23.7 Å². The molecule has 9 nitrogen and oxygen atoms in total. The second-order valence-corrected chi connectivity index (χ2v) is 10.7. The molecule has 1 saturated heterocycles. The van der Waals surface area contributed by atoms with Crippen molar-refractivity contribution in [1.29, 1.82) is 0 Å². The Bertz CT molecular complexity index is 1180. The standard InChI is InChI=1S/C29H38N2O7/c1-18-25(34-5)21-13-20-14-30(28(33)38-29(2,3)4)15-23(32)31(20)22(24(21)27(36-7)26(18)35-6)17-37-16-19-11-9-8-10-12-19/h8-12,20,22H,13-17H2,1-7H3/t20-,22-/m0/s1. The molecule has 38 heavy (non-hydrogen) atoms. The van der Waals surface area contributed by atoms with Crippen molar-refractivity contribution in [2.45, 2.75) is 58.4 Å². The Labute approximate surface area is 224 Å². The van der Waals surface area contributed by atoms with Crippen LogP contribution in [0, 0.1) is 6.92 Å². The Morgan fingerprint density at radius 1 is 1.00 bits per heavy atom. The van der Waals surface area contributed by atoms with E-state index < -0.39 is 17.7 Å². The van der Waals surface area contributed by atoms with Crippen LogP contribution in [0.15, 0.2) is 30.3 Å². The molecule has 0 aromatic heterocycles. The summed E-state index contributed by atoms with van der Waals surface area (Å²) in [6.07, 6.45) is -0.0106. The van der Waals surface area contributed by atoms with E-state index in [0.717, 1.165) is 22.3 Å². The molecule has 2 amide bonds. The van der Waals surface area contributed by atoms with E-state index in [0.29, 0.717) is 36.8 Å². The van der Waals surface area contributed by atoms with Gasteiger partial charge in [-0.3, -0.25) is 9.69 Å². The van der Waals surface area contributed by atoms with Gasteiger partial charge in [0.05, 0.1) is 46.6 Å². The number of amides is 2. The second-order valence-electron chi connectivity index (χ2n) is 10.7. The normalized spacial score (nSPS) is 19.0. The van der Waals surface area contributed by atoms with Crippen LogP contribution >= 0.6 is 0 Å². The lowest BCUT2D eigenvalue weighted by atomic mass is 9.83. The molecule has 2 atom stereocenters. The third-order valence-corrected chi connectivity index (χ3v) is 6.93. The van der Waals surface area contributed by atoms with Crippen molar-refractivity contribution in [2.75, 3.05) is 41.0 Å². The number of benzene rings is 2. The highest BCUT2D eigenvalue weighted by Crippen LogP contribution is 2.51. The summed E-state index contributed by atoms with van der Waals surface area (Å²) in [4.78, 5) is 29.9. The Morgan fingerprint density at radius 3 is 2.26 bits per heavy atom. The molecule has 9 heteroatoms. The van der Waals surface area contributed by atoms with Gasteiger partial charge in [0.25, 0.3) is 0 Å². The van der Waals surface area contributed by atoms with E-state index in [1.54, 1.807) is 21.3 Å². The molecule has 0 radical (unpaired) electrons. The van der Waals surface area contributed by atoms with Crippen LogP contribution in [0.25, 0.3) is 0 Å². The summed E-state index contributed by atoms with van der Waals surface area (Å²) in [5.41, 5.74) is 2.93. The first-order valence-electron chi connectivity index (χ1n) is 12.8. The van der Waals surface area contributed by atoms with Gasteiger partial charge in [0.1, 0.15) is 17.9 Å². The van der Waals surface area contributed by atoms with Gasteiger partial charge in [-0.25, -0.2) is 4.79 Å². The predicted octanol–water partition coefficient (Wildman–Crippen LogP) is 4.28. The van der Waals surface area contributed by atoms with E-state index in [-0.39, 0.29) is 25.1 Å².